The van der Waals surface area contributed by atoms with Gasteiger partial charge in [-0.3, -0.25) is 0 Å². The maximum Gasteiger partial charge on any atom is 0.162 e. The molecule has 0 atom stereocenters. The second-order valence-electron chi connectivity index (χ2n) is 3.42. The van der Waals surface area contributed by atoms with Gasteiger partial charge < -0.3 is 4.90 Å². The van der Waals surface area contributed by atoms with Gasteiger partial charge in [0.2, 0.25) is 0 Å². The molecule has 0 bridgehead atoms. The quantitative estimate of drug-likeness (QED) is 0.659. The maximum atomic E-state index is 4.07. The van der Waals surface area contributed by atoms with E-state index in [9.17, 15) is 0 Å². The molecule has 1 saturated heterocycles. The van der Waals surface area contributed by atoms with Gasteiger partial charge in [0.25, 0.3) is 0 Å². The Morgan fingerprint density at radius 1 is 1.38 bits per heavy atom. The Bertz CT molecular complexity index is 237. The van der Waals surface area contributed by atoms with E-state index in [0.29, 0.717) is 6.04 Å². The van der Waals surface area contributed by atoms with Gasteiger partial charge in [-0.15, -0.1) is 10.2 Å². The van der Waals surface area contributed by atoms with Crippen molar-refractivity contribution < 1.29 is 0 Å². The van der Waals surface area contributed by atoms with Crippen molar-refractivity contribution in [2.75, 3.05) is 19.6 Å². The predicted octanol–water partition coefficient (Wildman–Crippen LogP) is 0.330. The average Bonchev–Trinajstić information content (AvgIpc) is 2.71. The molecule has 5 heteroatoms. The third-order valence-corrected chi connectivity index (χ3v) is 2.70. The topological polar surface area (TPSA) is 46.8 Å². The van der Waals surface area contributed by atoms with E-state index in [2.05, 4.69) is 27.2 Å². The zero-order chi connectivity index (χ0) is 9.10. The van der Waals surface area contributed by atoms with Crippen molar-refractivity contribution in [1.82, 2.24) is 25.1 Å². The average molecular weight is 181 g/mol. The second kappa shape index (κ2) is 3.83. The molecule has 0 amide bonds. The summed E-state index contributed by atoms with van der Waals surface area (Å²) in [5.41, 5.74) is 0. The zero-order valence-electron chi connectivity index (χ0n) is 7.93. The van der Waals surface area contributed by atoms with Crippen molar-refractivity contribution in [2.24, 2.45) is 0 Å². The molecule has 0 radical (unpaired) electrons. The second-order valence-corrected chi connectivity index (χ2v) is 3.42. The minimum atomic E-state index is 0.463. The summed E-state index contributed by atoms with van der Waals surface area (Å²) in [6, 6.07) is 0.463. The monoisotopic (exact) mass is 181 g/mol. The van der Waals surface area contributed by atoms with E-state index in [1.54, 1.807) is 4.80 Å². The number of hydrogen-bond acceptors (Lipinski definition) is 4. The standard InChI is InChI=1S/C8H15N5/c1-2-12-5-3-8(4-6-12)13-10-7-9-11-13/h7-8H,2-6H2,1H3. The minimum absolute atomic E-state index is 0.463. The number of piperidine rings is 1. The normalized spacial score (nSPS) is 20.7. The summed E-state index contributed by atoms with van der Waals surface area (Å²) in [4.78, 5) is 4.19. The van der Waals surface area contributed by atoms with E-state index in [0.717, 1.165) is 32.5 Å². The highest BCUT2D eigenvalue weighted by atomic mass is 15.6. The molecule has 0 spiro atoms. The van der Waals surface area contributed by atoms with Crippen molar-refractivity contribution in [1.29, 1.82) is 0 Å². The lowest BCUT2D eigenvalue weighted by Crippen LogP contribution is -2.35. The largest absolute Gasteiger partial charge is 0.303 e. The number of nitrogens with zero attached hydrogens (tertiary/aromatic N) is 5. The first-order valence-corrected chi connectivity index (χ1v) is 4.85. The van der Waals surface area contributed by atoms with Gasteiger partial charge in [-0.2, -0.15) is 4.80 Å². The van der Waals surface area contributed by atoms with Crippen LogP contribution >= 0.6 is 0 Å². The Labute approximate surface area is 77.7 Å². The molecule has 1 aliphatic heterocycles. The Kier molecular flexibility index (Phi) is 2.54. The summed E-state index contributed by atoms with van der Waals surface area (Å²) < 4.78 is 0. The summed E-state index contributed by atoms with van der Waals surface area (Å²) in [6.07, 6.45) is 3.79. The van der Waals surface area contributed by atoms with Crippen LogP contribution in [0.25, 0.3) is 0 Å². The Hall–Kier alpha value is -0.970. The van der Waals surface area contributed by atoms with Crippen LogP contribution in [0, 0.1) is 0 Å². The molecule has 1 aromatic rings. The molecule has 0 aromatic carbocycles. The molecule has 1 fully saturated rings. The van der Waals surface area contributed by atoms with Gasteiger partial charge in [0.15, 0.2) is 6.33 Å². The molecule has 0 aliphatic carbocycles. The molecule has 72 valence electrons. The van der Waals surface area contributed by atoms with E-state index in [4.69, 9.17) is 0 Å². The number of aromatic nitrogens is 4. The van der Waals surface area contributed by atoms with E-state index < -0.39 is 0 Å². The van der Waals surface area contributed by atoms with Crippen LogP contribution in [0.2, 0.25) is 0 Å². The van der Waals surface area contributed by atoms with Crippen LogP contribution in [-0.4, -0.2) is 44.7 Å². The van der Waals surface area contributed by atoms with Gasteiger partial charge in [0, 0.05) is 13.1 Å². The lowest BCUT2D eigenvalue weighted by molar-refractivity contribution is 0.177. The first kappa shape index (κ1) is 8.62. The zero-order valence-corrected chi connectivity index (χ0v) is 7.93. The number of likely N-dealkylation sites (tertiary alicyclic amines) is 1. The minimum Gasteiger partial charge on any atom is -0.303 e. The first-order valence-electron chi connectivity index (χ1n) is 4.85. The fourth-order valence-electron chi connectivity index (χ4n) is 1.81. The number of rotatable bonds is 2. The summed E-state index contributed by atoms with van der Waals surface area (Å²) in [7, 11) is 0. The Balaban J connectivity index is 1.92. The highest BCUT2D eigenvalue weighted by Crippen LogP contribution is 2.19. The van der Waals surface area contributed by atoms with E-state index >= 15 is 0 Å². The molecular weight excluding hydrogens is 166 g/mol. The van der Waals surface area contributed by atoms with Crippen molar-refractivity contribution >= 4 is 0 Å². The highest BCUT2D eigenvalue weighted by Gasteiger charge is 2.20. The Morgan fingerprint density at radius 2 is 2.15 bits per heavy atom. The van der Waals surface area contributed by atoms with Crippen molar-refractivity contribution in [3.05, 3.63) is 6.33 Å². The smallest absolute Gasteiger partial charge is 0.162 e. The molecular formula is C8H15N5. The molecule has 2 heterocycles. The van der Waals surface area contributed by atoms with Crippen LogP contribution in [0.1, 0.15) is 25.8 Å². The first-order chi connectivity index (χ1) is 6.40. The van der Waals surface area contributed by atoms with Gasteiger partial charge in [-0.25, -0.2) is 0 Å². The lowest BCUT2D eigenvalue weighted by atomic mass is 10.1. The van der Waals surface area contributed by atoms with Gasteiger partial charge in [-0.05, 0) is 24.6 Å². The molecule has 5 nitrogen and oxygen atoms in total. The van der Waals surface area contributed by atoms with Crippen LogP contribution in [-0.2, 0) is 0 Å². The van der Waals surface area contributed by atoms with Crippen LogP contribution in [0.15, 0.2) is 6.33 Å². The molecule has 0 unspecified atom stereocenters. The molecule has 13 heavy (non-hydrogen) atoms. The predicted molar refractivity (Wildman–Crippen MR) is 48.2 cm³/mol. The maximum absolute atomic E-state index is 4.07. The summed E-state index contributed by atoms with van der Waals surface area (Å²) in [5.74, 6) is 0. The highest BCUT2D eigenvalue weighted by molar-refractivity contribution is 4.72. The third kappa shape index (κ3) is 1.85. The van der Waals surface area contributed by atoms with Gasteiger partial charge in [0.1, 0.15) is 0 Å². The fraction of sp³-hybridized carbons (Fsp3) is 0.875. The summed E-state index contributed by atoms with van der Waals surface area (Å²) >= 11 is 0. The molecule has 1 aromatic heterocycles. The fourth-order valence-corrected chi connectivity index (χ4v) is 1.81. The lowest BCUT2D eigenvalue weighted by Gasteiger charge is -2.29. The van der Waals surface area contributed by atoms with E-state index in [-0.39, 0.29) is 0 Å². The van der Waals surface area contributed by atoms with Crippen molar-refractivity contribution in [3.63, 3.8) is 0 Å². The Morgan fingerprint density at radius 3 is 2.69 bits per heavy atom. The van der Waals surface area contributed by atoms with Crippen molar-refractivity contribution in [2.45, 2.75) is 25.8 Å². The molecule has 1 aliphatic rings. The molecule has 0 saturated carbocycles. The van der Waals surface area contributed by atoms with Crippen LogP contribution in [0.5, 0.6) is 0 Å². The van der Waals surface area contributed by atoms with Gasteiger partial charge in [0.05, 0.1) is 6.04 Å². The molecule has 2 rings (SSSR count). The SMILES string of the molecule is CCN1CCC(n2ncnn2)CC1. The van der Waals surface area contributed by atoms with E-state index in [1.807, 2.05) is 0 Å². The third-order valence-electron chi connectivity index (χ3n) is 2.70. The van der Waals surface area contributed by atoms with E-state index in [1.165, 1.54) is 6.33 Å². The van der Waals surface area contributed by atoms with Gasteiger partial charge in [-0.1, -0.05) is 6.92 Å². The summed E-state index contributed by atoms with van der Waals surface area (Å²) in [5, 5.41) is 11.7. The van der Waals surface area contributed by atoms with Crippen LogP contribution in [0.4, 0.5) is 0 Å². The summed E-state index contributed by atoms with van der Waals surface area (Å²) in [6.45, 7) is 5.66. The van der Waals surface area contributed by atoms with Gasteiger partial charge >= 0.3 is 0 Å². The van der Waals surface area contributed by atoms with Crippen LogP contribution < -0.4 is 0 Å². The number of tetrazole rings is 1. The van der Waals surface area contributed by atoms with Crippen molar-refractivity contribution in [3.8, 4) is 0 Å². The molecule has 0 N–H and O–H groups in total. The number of hydrogen-bond donors (Lipinski definition) is 0. The van der Waals surface area contributed by atoms with Crippen LogP contribution in [0.3, 0.4) is 0 Å².